The van der Waals surface area contributed by atoms with Crippen LogP contribution in [0.4, 0.5) is 0 Å². The van der Waals surface area contributed by atoms with Crippen LogP contribution in [0.2, 0.25) is 18.1 Å². The second-order valence-electron chi connectivity index (χ2n) is 10.1. The molecule has 0 radical (unpaired) electrons. The van der Waals surface area contributed by atoms with E-state index in [0.717, 1.165) is 7.11 Å². The number of Topliss-reactive ketones (excluding diaryl/α,β-unsaturated/α-hetero) is 1. The number of ether oxygens (including phenoxy) is 2. The van der Waals surface area contributed by atoms with Crippen molar-refractivity contribution in [2.24, 2.45) is 0 Å². The molecule has 11 heteroatoms. The maximum Gasteiger partial charge on any atom is 0.336 e. The number of rotatable bonds is 13. The zero-order valence-electron chi connectivity index (χ0n) is 23.0. The Bertz CT molecular complexity index is 959. The SMILES string of the molecule is CCOC(=O)CCC(=O)N[C@H](C(=O)N[C@H](C(=O)OC)C(=O)c1ccccc1)[C@@H](C)O[Si](C)(C)C(C)(C)C. The monoisotopic (exact) mass is 536 g/mol. The summed E-state index contributed by atoms with van der Waals surface area (Å²) in [5.74, 6) is -3.53. The summed E-state index contributed by atoms with van der Waals surface area (Å²) in [4.78, 5) is 63.2. The van der Waals surface area contributed by atoms with E-state index in [1.807, 2.05) is 33.9 Å². The van der Waals surface area contributed by atoms with E-state index >= 15 is 0 Å². The first-order valence-electron chi connectivity index (χ1n) is 12.2. The van der Waals surface area contributed by atoms with E-state index in [-0.39, 0.29) is 30.1 Å². The summed E-state index contributed by atoms with van der Waals surface area (Å²) in [6, 6.07) is 5.13. The van der Waals surface area contributed by atoms with Gasteiger partial charge in [0.1, 0.15) is 6.04 Å². The van der Waals surface area contributed by atoms with Gasteiger partial charge in [-0.1, -0.05) is 51.1 Å². The third kappa shape index (κ3) is 9.73. The number of hydrogen-bond donors (Lipinski definition) is 2. The summed E-state index contributed by atoms with van der Waals surface area (Å²) < 4.78 is 15.9. The van der Waals surface area contributed by atoms with Gasteiger partial charge in [-0.15, -0.1) is 0 Å². The van der Waals surface area contributed by atoms with Crippen LogP contribution in [-0.2, 0) is 33.1 Å². The predicted octanol–water partition coefficient (Wildman–Crippen LogP) is 2.77. The highest BCUT2D eigenvalue weighted by molar-refractivity contribution is 6.74. The molecule has 0 unspecified atom stereocenters. The molecule has 0 saturated carbocycles. The highest BCUT2D eigenvalue weighted by Gasteiger charge is 2.42. The van der Waals surface area contributed by atoms with E-state index in [9.17, 15) is 24.0 Å². The Kier molecular flexibility index (Phi) is 12.1. The molecule has 0 bridgehead atoms. The number of ketones is 1. The summed E-state index contributed by atoms with van der Waals surface area (Å²) in [5.41, 5.74) is 0.207. The molecule has 0 aliphatic heterocycles. The smallest absolute Gasteiger partial charge is 0.336 e. The minimum Gasteiger partial charge on any atom is -0.467 e. The van der Waals surface area contributed by atoms with Gasteiger partial charge in [-0.3, -0.25) is 19.2 Å². The number of nitrogens with one attached hydrogen (secondary N) is 2. The van der Waals surface area contributed by atoms with Gasteiger partial charge in [0.25, 0.3) is 0 Å². The molecule has 37 heavy (non-hydrogen) atoms. The van der Waals surface area contributed by atoms with Crippen molar-refractivity contribution in [3.63, 3.8) is 0 Å². The Hall–Kier alpha value is -3.05. The third-order valence-corrected chi connectivity index (χ3v) is 10.8. The lowest BCUT2D eigenvalue weighted by atomic mass is 10.0. The molecule has 1 aromatic carbocycles. The van der Waals surface area contributed by atoms with Gasteiger partial charge in [0.05, 0.1) is 26.2 Å². The molecular formula is C26H40N2O8Si. The summed E-state index contributed by atoms with van der Waals surface area (Å²) in [5, 5.41) is 4.85. The minimum atomic E-state index is -2.38. The molecule has 0 heterocycles. The van der Waals surface area contributed by atoms with Crippen molar-refractivity contribution in [1.82, 2.24) is 10.6 Å². The second-order valence-corrected chi connectivity index (χ2v) is 14.9. The van der Waals surface area contributed by atoms with Crippen LogP contribution in [0.3, 0.4) is 0 Å². The van der Waals surface area contributed by atoms with Crippen LogP contribution < -0.4 is 10.6 Å². The van der Waals surface area contributed by atoms with Crippen LogP contribution >= 0.6 is 0 Å². The summed E-state index contributed by atoms with van der Waals surface area (Å²) in [6.07, 6.45) is -1.18. The molecule has 1 aromatic rings. The Balaban J connectivity index is 3.21. The molecule has 3 atom stereocenters. The van der Waals surface area contributed by atoms with Gasteiger partial charge >= 0.3 is 11.9 Å². The van der Waals surface area contributed by atoms with Crippen molar-refractivity contribution in [2.75, 3.05) is 13.7 Å². The fourth-order valence-corrected chi connectivity index (χ4v) is 4.57. The van der Waals surface area contributed by atoms with Crippen molar-refractivity contribution in [2.45, 2.75) is 83.8 Å². The van der Waals surface area contributed by atoms with Crippen LogP contribution in [-0.4, -0.2) is 69.8 Å². The van der Waals surface area contributed by atoms with Gasteiger partial charge in [-0.25, -0.2) is 4.79 Å². The Morgan fingerprint density at radius 1 is 0.973 bits per heavy atom. The van der Waals surface area contributed by atoms with Crippen molar-refractivity contribution >= 4 is 37.9 Å². The molecule has 0 spiro atoms. The molecule has 1 rings (SSSR count). The number of methoxy groups -OCH3 is 1. The van der Waals surface area contributed by atoms with Crippen LogP contribution in [0.25, 0.3) is 0 Å². The van der Waals surface area contributed by atoms with E-state index < -0.39 is 56.0 Å². The molecule has 0 saturated heterocycles. The van der Waals surface area contributed by atoms with Crippen LogP contribution in [0, 0.1) is 0 Å². The molecule has 0 aliphatic rings. The second kappa shape index (κ2) is 14.0. The molecule has 0 aromatic heterocycles. The van der Waals surface area contributed by atoms with Crippen molar-refractivity contribution in [3.05, 3.63) is 35.9 Å². The zero-order valence-corrected chi connectivity index (χ0v) is 24.0. The lowest BCUT2D eigenvalue weighted by molar-refractivity contribution is -0.145. The normalized spacial score (nSPS) is 14.1. The fourth-order valence-electron chi connectivity index (χ4n) is 3.15. The fraction of sp³-hybridized carbons (Fsp3) is 0.577. The largest absolute Gasteiger partial charge is 0.467 e. The standard InChI is InChI=1S/C26H40N2O8Si/c1-9-35-20(30)16-15-19(29)27-21(17(2)36-37(7,8)26(3,4)5)24(32)28-22(25(33)34-6)23(31)18-13-11-10-12-14-18/h10-14,17,21-22H,9,15-16H2,1-8H3,(H,27,29)(H,28,32)/t17-,21+,22+/m1/s1. The Morgan fingerprint density at radius 3 is 2.08 bits per heavy atom. The van der Waals surface area contributed by atoms with Gasteiger partial charge in [0, 0.05) is 12.0 Å². The van der Waals surface area contributed by atoms with Crippen LogP contribution in [0.1, 0.15) is 57.8 Å². The summed E-state index contributed by atoms with van der Waals surface area (Å²) >= 11 is 0. The van der Waals surface area contributed by atoms with Gasteiger partial charge in [-0.05, 0) is 32.0 Å². The number of carbonyl (C=O) groups excluding carboxylic acids is 5. The first-order chi connectivity index (χ1) is 17.1. The molecule has 206 valence electrons. The van der Waals surface area contributed by atoms with E-state index in [1.54, 1.807) is 32.0 Å². The van der Waals surface area contributed by atoms with Crippen molar-refractivity contribution in [1.29, 1.82) is 0 Å². The lowest BCUT2D eigenvalue weighted by Crippen LogP contribution is -2.60. The quantitative estimate of drug-likeness (QED) is 0.170. The van der Waals surface area contributed by atoms with E-state index in [0.29, 0.717) is 0 Å². The molecule has 2 amide bonds. The van der Waals surface area contributed by atoms with Crippen molar-refractivity contribution in [3.8, 4) is 0 Å². The summed E-state index contributed by atoms with van der Waals surface area (Å²) in [6.45, 7) is 13.6. The topological polar surface area (TPSA) is 137 Å². The predicted molar refractivity (Wildman–Crippen MR) is 140 cm³/mol. The number of benzene rings is 1. The summed E-state index contributed by atoms with van der Waals surface area (Å²) in [7, 11) is -1.27. The van der Waals surface area contributed by atoms with Gasteiger partial charge in [0.15, 0.2) is 20.1 Å². The zero-order chi connectivity index (χ0) is 28.4. The molecule has 10 nitrogen and oxygen atoms in total. The van der Waals surface area contributed by atoms with Gasteiger partial charge < -0.3 is 24.5 Å². The van der Waals surface area contributed by atoms with E-state index in [4.69, 9.17) is 13.9 Å². The first kappa shape index (κ1) is 32.0. The Morgan fingerprint density at radius 2 is 1.57 bits per heavy atom. The maximum atomic E-state index is 13.4. The molecule has 0 aliphatic carbocycles. The van der Waals surface area contributed by atoms with Crippen LogP contribution in [0.15, 0.2) is 30.3 Å². The Labute approximate surface area is 219 Å². The van der Waals surface area contributed by atoms with Crippen molar-refractivity contribution < 1.29 is 37.9 Å². The number of amides is 2. The van der Waals surface area contributed by atoms with E-state index in [2.05, 4.69) is 10.6 Å². The number of hydrogen-bond acceptors (Lipinski definition) is 8. The van der Waals surface area contributed by atoms with Gasteiger partial charge in [-0.2, -0.15) is 0 Å². The lowest BCUT2D eigenvalue weighted by Gasteiger charge is -2.40. The maximum absolute atomic E-state index is 13.4. The highest BCUT2D eigenvalue weighted by Crippen LogP contribution is 2.37. The minimum absolute atomic E-state index is 0.164. The molecular weight excluding hydrogens is 496 g/mol. The van der Waals surface area contributed by atoms with Gasteiger partial charge in [0.2, 0.25) is 11.8 Å². The third-order valence-electron chi connectivity index (χ3n) is 6.26. The highest BCUT2D eigenvalue weighted by atomic mass is 28.4. The van der Waals surface area contributed by atoms with Crippen LogP contribution in [0.5, 0.6) is 0 Å². The average Bonchev–Trinajstić information content (AvgIpc) is 2.83. The number of carbonyl (C=O) groups is 5. The van der Waals surface area contributed by atoms with E-state index in [1.165, 1.54) is 12.1 Å². The molecule has 2 N–H and O–H groups in total. The first-order valence-corrected chi connectivity index (χ1v) is 15.2. The molecule has 0 fully saturated rings. The average molecular weight is 537 g/mol. The number of esters is 2.